The molecule has 0 spiro atoms. The summed E-state index contributed by atoms with van der Waals surface area (Å²) in [4.78, 5) is 17.4. The molecule has 2 aliphatic heterocycles. The summed E-state index contributed by atoms with van der Waals surface area (Å²) in [6.07, 6.45) is 2.56. The van der Waals surface area contributed by atoms with Crippen LogP contribution < -0.4 is 14.8 Å². The van der Waals surface area contributed by atoms with Gasteiger partial charge < -0.3 is 9.47 Å². The minimum atomic E-state index is -3.50. The van der Waals surface area contributed by atoms with Crippen LogP contribution in [0.5, 0.6) is 11.5 Å². The van der Waals surface area contributed by atoms with E-state index < -0.39 is 10.0 Å². The number of fused-ring (bicyclic) bond motifs is 2. The average Bonchev–Trinajstić information content (AvgIpc) is 3.38. The molecule has 0 saturated carbocycles. The van der Waals surface area contributed by atoms with Gasteiger partial charge in [-0.25, -0.2) is 13.4 Å². The Kier molecular flexibility index (Phi) is 5.28. The van der Waals surface area contributed by atoms with Crippen molar-refractivity contribution in [2.45, 2.75) is 24.2 Å². The molecule has 1 saturated heterocycles. The number of carbonyl (C=O) groups excluding carboxylic acids is 1. The molecule has 0 bridgehead atoms. The molecule has 3 heterocycles. The number of carbonyl (C=O) groups is 1. The number of thiazole rings is 1. The third kappa shape index (κ3) is 3.98. The molecule has 0 radical (unpaired) electrons. The van der Waals surface area contributed by atoms with Crippen LogP contribution in [0.25, 0.3) is 10.2 Å². The van der Waals surface area contributed by atoms with E-state index >= 15 is 0 Å². The van der Waals surface area contributed by atoms with Crippen molar-refractivity contribution >= 4 is 42.6 Å². The van der Waals surface area contributed by atoms with E-state index in [9.17, 15) is 13.2 Å². The SMILES string of the molecule is O=C(Nc1nc2ccc(S(=O)(=O)N3CCCC3)cc2s1)c1ccc2c(c1)OCCCO2. The molecular formula is C21H21N3O5S2. The number of ether oxygens (including phenoxy) is 2. The van der Waals surface area contributed by atoms with Gasteiger partial charge in [-0.1, -0.05) is 11.3 Å². The Morgan fingerprint density at radius 1 is 1.00 bits per heavy atom. The summed E-state index contributed by atoms with van der Waals surface area (Å²) in [5, 5.41) is 3.20. The minimum Gasteiger partial charge on any atom is -0.490 e. The van der Waals surface area contributed by atoms with Crippen LogP contribution >= 0.6 is 11.3 Å². The van der Waals surface area contributed by atoms with Gasteiger partial charge in [-0.3, -0.25) is 10.1 Å². The molecule has 2 aliphatic rings. The standard InChI is InChI=1S/C21H21N3O5S2/c25-20(14-4-7-17-18(12-14)29-11-3-10-28-17)23-21-22-16-6-5-15(13-19(16)30-21)31(26,27)24-8-1-2-9-24/h4-7,12-13H,1-3,8-11H2,(H,22,23,25). The van der Waals surface area contributed by atoms with Crippen molar-refractivity contribution in [2.24, 2.45) is 0 Å². The first-order valence-electron chi connectivity index (χ1n) is 10.1. The number of sulfonamides is 1. The normalized spacial score (nSPS) is 16.9. The van der Waals surface area contributed by atoms with Crippen molar-refractivity contribution in [2.75, 3.05) is 31.6 Å². The van der Waals surface area contributed by atoms with Crippen molar-refractivity contribution in [1.82, 2.24) is 9.29 Å². The molecule has 0 atom stereocenters. The smallest absolute Gasteiger partial charge is 0.257 e. The van der Waals surface area contributed by atoms with Crippen molar-refractivity contribution < 1.29 is 22.7 Å². The average molecular weight is 460 g/mol. The van der Waals surface area contributed by atoms with Crippen molar-refractivity contribution in [3.8, 4) is 11.5 Å². The fourth-order valence-electron chi connectivity index (χ4n) is 3.67. The molecule has 0 aliphatic carbocycles. The number of nitrogens with one attached hydrogen (secondary N) is 1. The van der Waals surface area contributed by atoms with Crippen molar-refractivity contribution in [3.05, 3.63) is 42.0 Å². The monoisotopic (exact) mass is 459 g/mol. The van der Waals surface area contributed by atoms with Crippen LogP contribution in [0.2, 0.25) is 0 Å². The van der Waals surface area contributed by atoms with Crippen LogP contribution in [0.1, 0.15) is 29.6 Å². The van der Waals surface area contributed by atoms with E-state index in [4.69, 9.17) is 9.47 Å². The highest BCUT2D eigenvalue weighted by Crippen LogP contribution is 2.32. The number of amides is 1. The molecule has 3 aromatic rings. The van der Waals surface area contributed by atoms with Crippen LogP contribution in [0.15, 0.2) is 41.3 Å². The number of hydrogen-bond donors (Lipinski definition) is 1. The van der Waals surface area contributed by atoms with E-state index in [0.29, 0.717) is 58.7 Å². The molecule has 2 aromatic carbocycles. The molecule has 0 unspecified atom stereocenters. The van der Waals surface area contributed by atoms with Gasteiger partial charge in [-0.15, -0.1) is 0 Å². The molecule has 1 fully saturated rings. The summed E-state index contributed by atoms with van der Waals surface area (Å²) in [5.41, 5.74) is 1.07. The van der Waals surface area contributed by atoms with Crippen LogP contribution in [0.4, 0.5) is 5.13 Å². The van der Waals surface area contributed by atoms with Gasteiger partial charge >= 0.3 is 0 Å². The number of benzene rings is 2. The molecule has 1 N–H and O–H groups in total. The predicted molar refractivity (Wildman–Crippen MR) is 118 cm³/mol. The van der Waals surface area contributed by atoms with E-state index in [1.54, 1.807) is 36.4 Å². The highest BCUT2D eigenvalue weighted by molar-refractivity contribution is 7.89. The Labute approximate surface area is 183 Å². The molecule has 10 heteroatoms. The second-order valence-corrected chi connectivity index (χ2v) is 10.4. The first-order chi connectivity index (χ1) is 15.0. The van der Waals surface area contributed by atoms with Gasteiger partial charge in [0, 0.05) is 25.1 Å². The quantitative estimate of drug-likeness (QED) is 0.641. The van der Waals surface area contributed by atoms with E-state index in [1.165, 1.54) is 15.6 Å². The van der Waals surface area contributed by atoms with Crippen LogP contribution in [0.3, 0.4) is 0 Å². The first-order valence-corrected chi connectivity index (χ1v) is 12.4. The lowest BCUT2D eigenvalue weighted by molar-refractivity contribution is 0.102. The Bertz CT molecular complexity index is 1250. The maximum atomic E-state index is 12.8. The highest BCUT2D eigenvalue weighted by Gasteiger charge is 2.27. The Balaban J connectivity index is 1.37. The van der Waals surface area contributed by atoms with Gasteiger partial charge in [0.25, 0.3) is 5.91 Å². The Morgan fingerprint density at radius 2 is 1.77 bits per heavy atom. The molecule has 1 aromatic heterocycles. The lowest BCUT2D eigenvalue weighted by Crippen LogP contribution is -2.27. The van der Waals surface area contributed by atoms with Gasteiger partial charge in [0.1, 0.15) is 0 Å². The summed E-state index contributed by atoms with van der Waals surface area (Å²) in [7, 11) is -3.50. The third-order valence-electron chi connectivity index (χ3n) is 5.29. The van der Waals surface area contributed by atoms with Crippen molar-refractivity contribution in [3.63, 3.8) is 0 Å². The lowest BCUT2D eigenvalue weighted by atomic mass is 10.2. The molecular weight excluding hydrogens is 438 g/mol. The number of rotatable bonds is 4. The zero-order valence-electron chi connectivity index (χ0n) is 16.7. The number of hydrogen-bond acceptors (Lipinski definition) is 7. The molecule has 31 heavy (non-hydrogen) atoms. The van der Waals surface area contributed by atoms with E-state index in [-0.39, 0.29) is 10.8 Å². The van der Waals surface area contributed by atoms with Crippen molar-refractivity contribution in [1.29, 1.82) is 0 Å². The minimum absolute atomic E-state index is 0.256. The summed E-state index contributed by atoms with van der Waals surface area (Å²) in [6.45, 7) is 2.23. The Morgan fingerprint density at radius 3 is 2.58 bits per heavy atom. The topological polar surface area (TPSA) is 97.8 Å². The highest BCUT2D eigenvalue weighted by atomic mass is 32.2. The molecule has 162 valence electrons. The number of nitrogens with zero attached hydrogens (tertiary/aromatic N) is 2. The fourth-order valence-corrected chi connectivity index (χ4v) is 6.19. The summed E-state index contributed by atoms with van der Waals surface area (Å²) < 4.78 is 39.1. The second-order valence-electron chi connectivity index (χ2n) is 7.43. The zero-order chi connectivity index (χ0) is 21.4. The van der Waals surface area contributed by atoms with Gasteiger partial charge in [0.15, 0.2) is 16.6 Å². The predicted octanol–water partition coefficient (Wildman–Crippen LogP) is 3.49. The van der Waals surface area contributed by atoms with Crippen LogP contribution in [0, 0.1) is 0 Å². The third-order valence-corrected chi connectivity index (χ3v) is 8.12. The van der Waals surface area contributed by atoms with Gasteiger partial charge in [0.05, 0.1) is 28.3 Å². The number of aromatic nitrogens is 1. The van der Waals surface area contributed by atoms with E-state index in [0.717, 1.165) is 19.3 Å². The van der Waals surface area contributed by atoms with Gasteiger partial charge in [-0.2, -0.15) is 4.31 Å². The van der Waals surface area contributed by atoms with Crippen LogP contribution in [-0.2, 0) is 10.0 Å². The molecule has 5 rings (SSSR count). The van der Waals surface area contributed by atoms with Gasteiger partial charge in [0.2, 0.25) is 10.0 Å². The van der Waals surface area contributed by atoms with Crippen LogP contribution in [-0.4, -0.2) is 49.9 Å². The Hall–Kier alpha value is -2.69. The van der Waals surface area contributed by atoms with Gasteiger partial charge in [-0.05, 0) is 49.2 Å². The zero-order valence-corrected chi connectivity index (χ0v) is 18.3. The molecule has 8 nitrogen and oxygen atoms in total. The summed E-state index contributed by atoms with van der Waals surface area (Å²) in [6, 6.07) is 9.94. The second kappa shape index (κ2) is 8.10. The number of anilines is 1. The maximum absolute atomic E-state index is 12.8. The first kappa shape index (κ1) is 20.2. The van der Waals surface area contributed by atoms with E-state index in [1.807, 2.05) is 0 Å². The molecule has 1 amide bonds. The lowest BCUT2D eigenvalue weighted by Gasteiger charge is -2.15. The largest absolute Gasteiger partial charge is 0.490 e. The fraction of sp³-hybridized carbons (Fsp3) is 0.333. The summed E-state index contributed by atoms with van der Waals surface area (Å²) >= 11 is 1.24. The summed E-state index contributed by atoms with van der Waals surface area (Å²) in [5.74, 6) is 0.853. The maximum Gasteiger partial charge on any atom is 0.257 e. The van der Waals surface area contributed by atoms with E-state index in [2.05, 4.69) is 10.3 Å².